The topological polar surface area (TPSA) is 45.1 Å². The van der Waals surface area contributed by atoms with Gasteiger partial charge in [-0.2, -0.15) is 0 Å². The molecule has 1 aliphatic carbocycles. The number of aryl methyl sites for hydroxylation is 1. The first-order chi connectivity index (χ1) is 8.65. The number of aliphatic hydroxyl groups is 1. The van der Waals surface area contributed by atoms with E-state index in [0.717, 1.165) is 44.5 Å². The van der Waals surface area contributed by atoms with E-state index in [1.807, 2.05) is 19.2 Å². The second-order valence-corrected chi connectivity index (χ2v) is 5.45. The fourth-order valence-electron chi connectivity index (χ4n) is 2.91. The van der Waals surface area contributed by atoms with Gasteiger partial charge in [0, 0.05) is 17.8 Å². The largest absolute Gasteiger partial charge is 0.389 e. The minimum atomic E-state index is -0.661. The number of aromatic nitrogens is 1. The summed E-state index contributed by atoms with van der Waals surface area (Å²) in [6, 6.07) is 4.14. The fourth-order valence-corrected chi connectivity index (χ4v) is 2.91. The van der Waals surface area contributed by atoms with Crippen LogP contribution < -0.4 is 5.32 Å². The maximum absolute atomic E-state index is 10.7. The molecule has 0 aromatic carbocycles. The molecule has 0 saturated carbocycles. The molecule has 0 fully saturated rings. The van der Waals surface area contributed by atoms with E-state index >= 15 is 0 Å². The smallest absolute Gasteiger partial charge is 0.0715 e. The predicted octanol–water partition coefficient (Wildman–Crippen LogP) is 2.25. The lowest BCUT2D eigenvalue weighted by molar-refractivity contribution is 0.0153. The van der Waals surface area contributed by atoms with E-state index in [1.165, 1.54) is 5.56 Å². The number of hydrogen-bond donors (Lipinski definition) is 2. The molecule has 1 heterocycles. The lowest BCUT2D eigenvalue weighted by Crippen LogP contribution is -2.38. The summed E-state index contributed by atoms with van der Waals surface area (Å²) in [5.41, 5.74) is 1.77. The molecule has 0 aliphatic heterocycles. The second kappa shape index (κ2) is 5.81. The third kappa shape index (κ3) is 2.90. The van der Waals surface area contributed by atoms with Crippen molar-refractivity contribution in [3.8, 4) is 0 Å². The van der Waals surface area contributed by atoms with E-state index < -0.39 is 5.60 Å². The van der Waals surface area contributed by atoms with Crippen molar-refractivity contribution in [1.82, 2.24) is 10.3 Å². The van der Waals surface area contributed by atoms with Crippen LogP contribution in [0.3, 0.4) is 0 Å². The van der Waals surface area contributed by atoms with Crippen molar-refractivity contribution in [3.63, 3.8) is 0 Å². The Morgan fingerprint density at radius 1 is 1.56 bits per heavy atom. The van der Waals surface area contributed by atoms with Gasteiger partial charge in [0.15, 0.2) is 0 Å². The van der Waals surface area contributed by atoms with Gasteiger partial charge in [0.2, 0.25) is 0 Å². The summed E-state index contributed by atoms with van der Waals surface area (Å²) in [5, 5.41) is 14.0. The Kier molecular flexibility index (Phi) is 4.36. The molecule has 0 amide bonds. The third-order valence-electron chi connectivity index (χ3n) is 4.00. The van der Waals surface area contributed by atoms with Crippen molar-refractivity contribution < 1.29 is 5.11 Å². The van der Waals surface area contributed by atoms with E-state index in [0.29, 0.717) is 0 Å². The summed E-state index contributed by atoms with van der Waals surface area (Å²) >= 11 is 0. The molecule has 0 bridgehead atoms. The van der Waals surface area contributed by atoms with Gasteiger partial charge in [0.05, 0.1) is 5.60 Å². The van der Waals surface area contributed by atoms with E-state index in [1.54, 1.807) is 0 Å². The minimum Gasteiger partial charge on any atom is -0.389 e. The Bertz CT molecular complexity index is 390. The molecule has 1 aromatic heterocycles. The number of pyridine rings is 1. The van der Waals surface area contributed by atoms with Crippen LogP contribution in [0, 0.1) is 0 Å². The Morgan fingerprint density at radius 2 is 2.39 bits per heavy atom. The number of nitrogens with one attached hydrogen (secondary N) is 1. The Morgan fingerprint density at radius 3 is 3.17 bits per heavy atom. The predicted molar refractivity (Wildman–Crippen MR) is 73.7 cm³/mol. The molecule has 2 atom stereocenters. The monoisotopic (exact) mass is 248 g/mol. The van der Waals surface area contributed by atoms with Gasteiger partial charge >= 0.3 is 0 Å². The van der Waals surface area contributed by atoms with Gasteiger partial charge in [-0.05, 0) is 57.3 Å². The molecule has 3 heteroatoms. The molecule has 0 spiro atoms. The highest BCUT2D eigenvalue weighted by Gasteiger charge is 2.36. The molecule has 18 heavy (non-hydrogen) atoms. The van der Waals surface area contributed by atoms with Gasteiger partial charge in [0.1, 0.15) is 0 Å². The maximum Gasteiger partial charge on any atom is 0.0715 e. The first-order valence-corrected chi connectivity index (χ1v) is 7.02. The lowest BCUT2D eigenvalue weighted by Gasteiger charge is -2.36. The first-order valence-electron chi connectivity index (χ1n) is 7.02. The van der Waals surface area contributed by atoms with Crippen LogP contribution >= 0.6 is 0 Å². The standard InChI is InChI=1S/C15H24N2O/c1-3-16-11-9-15(2,18)13-8-4-6-12-7-5-10-17-14(12)13/h5,7,10,13,16,18H,3-4,6,8-9,11H2,1-2H3. The zero-order chi connectivity index (χ0) is 13.0. The summed E-state index contributed by atoms with van der Waals surface area (Å²) in [6.07, 6.45) is 5.92. The normalized spacial score (nSPS) is 22.3. The molecule has 3 nitrogen and oxygen atoms in total. The highest BCUT2D eigenvalue weighted by Crippen LogP contribution is 2.39. The molecule has 2 N–H and O–H groups in total. The molecule has 1 aromatic rings. The Labute approximate surface area is 110 Å². The highest BCUT2D eigenvalue weighted by atomic mass is 16.3. The minimum absolute atomic E-state index is 0.182. The molecule has 2 rings (SSSR count). The van der Waals surface area contributed by atoms with Crippen LogP contribution in [0.15, 0.2) is 18.3 Å². The van der Waals surface area contributed by atoms with Crippen LogP contribution in [0.5, 0.6) is 0 Å². The molecular formula is C15H24N2O. The molecule has 100 valence electrons. The van der Waals surface area contributed by atoms with Crippen LogP contribution in [0.1, 0.15) is 50.3 Å². The molecule has 2 unspecified atom stereocenters. The molecule has 1 aliphatic rings. The van der Waals surface area contributed by atoms with E-state index in [-0.39, 0.29) is 5.92 Å². The maximum atomic E-state index is 10.7. The quantitative estimate of drug-likeness (QED) is 0.786. The van der Waals surface area contributed by atoms with Gasteiger partial charge in [-0.25, -0.2) is 0 Å². The Hall–Kier alpha value is -0.930. The summed E-state index contributed by atoms with van der Waals surface area (Å²) < 4.78 is 0. The van der Waals surface area contributed by atoms with Crippen molar-refractivity contribution in [2.45, 2.75) is 51.0 Å². The van der Waals surface area contributed by atoms with Crippen LogP contribution in [0.4, 0.5) is 0 Å². The van der Waals surface area contributed by atoms with Crippen molar-refractivity contribution in [1.29, 1.82) is 0 Å². The molecular weight excluding hydrogens is 224 g/mol. The van der Waals surface area contributed by atoms with Crippen LogP contribution in [-0.2, 0) is 6.42 Å². The number of hydrogen-bond acceptors (Lipinski definition) is 3. The van der Waals surface area contributed by atoms with Gasteiger partial charge in [0.25, 0.3) is 0 Å². The number of nitrogens with zero attached hydrogens (tertiary/aromatic N) is 1. The lowest BCUT2D eigenvalue weighted by atomic mass is 9.75. The van der Waals surface area contributed by atoms with Crippen LogP contribution in [0.25, 0.3) is 0 Å². The zero-order valence-electron chi connectivity index (χ0n) is 11.4. The first kappa shape index (κ1) is 13.5. The summed E-state index contributed by atoms with van der Waals surface area (Å²) in [7, 11) is 0. The number of fused-ring (bicyclic) bond motifs is 1. The van der Waals surface area contributed by atoms with Crippen molar-refractivity contribution in [2.24, 2.45) is 0 Å². The zero-order valence-corrected chi connectivity index (χ0v) is 11.4. The average molecular weight is 248 g/mol. The van der Waals surface area contributed by atoms with Gasteiger partial charge < -0.3 is 10.4 Å². The van der Waals surface area contributed by atoms with Crippen molar-refractivity contribution in [2.75, 3.05) is 13.1 Å². The van der Waals surface area contributed by atoms with Gasteiger partial charge in [-0.1, -0.05) is 13.0 Å². The van der Waals surface area contributed by atoms with E-state index in [4.69, 9.17) is 0 Å². The van der Waals surface area contributed by atoms with E-state index in [2.05, 4.69) is 23.3 Å². The SMILES string of the molecule is CCNCCC(C)(O)C1CCCc2cccnc21. The summed E-state index contributed by atoms with van der Waals surface area (Å²) in [5.74, 6) is 0.182. The average Bonchev–Trinajstić information content (AvgIpc) is 2.38. The molecule has 0 saturated heterocycles. The third-order valence-corrected chi connectivity index (χ3v) is 4.00. The van der Waals surface area contributed by atoms with Crippen LogP contribution in [0.2, 0.25) is 0 Å². The van der Waals surface area contributed by atoms with Crippen molar-refractivity contribution >= 4 is 0 Å². The second-order valence-electron chi connectivity index (χ2n) is 5.45. The van der Waals surface area contributed by atoms with E-state index in [9.17, 15) is 5.11 Å². The number of rotatable bonds is 5. The van der Waals surface area contributed by atoms with Gasteiger partial charge in [-0.3, -0.25) is 4.98 Å². The summed E-state index contributed by atoms with van der Waals surface area (Å²) in [6.45, 7) is 5.86. The van der Waals surface area contributed by atoms with Crippen LogP contribution in [-0.4, -0.2) is 28.8 Å². The molecule has 0 radical (unpaired) electrons. The van der Waals surface area contributed by atoms with Gasteiger partial charge in [-0.15, -0.1) is 0 Å². The van der Waals surface area contributed by atoms with Crippen molar-refractivity contribution in [3.05, 3.63) is 29.6 Å². The Balaban J connectivity index is 2.13. The summed E-state index contributed by atoms with van der Waals surface area (Å²) in [4.78, 5) is 4.51. The highest BCUT2D eigenvalue weighted by molar-refractivity contribution is 5.28. The fraction of sp³-hybridized carbons (Fsp3) is 0.667.